The molecule has 0 aromatic heterocycles. The van der Waals surface area contributed by atoms with Crippen molar-refractivity contribution in [2.75, 3.05) is 0 Å². The molecule has 2 rings (SSSR count). The summed E-state index contributed by atoms with van der Waals surface area (Å²) in [5.41, 5.74) is 3.46. The Morgan fingerprint density at radius 3 is 2.04 bits per heavy atom. The van der Waals surface area contributed by atoms with Gasteiger partial charge in [0.2, 0.25) is 0 Å². The zero-order valence-corrected chi connectivity index (χ0v) is 17.7. The molecule has 0 spiro atoms. The van der Waals surface area contributed by atoms with Crippen molar-refractivity contribution in [3.8, 4) is 0 Å². The summed E-state index contributed by atoms with van der Waals surface area (Å²) in [7, 11) is -1.18. The molecule has 1 N–H and O–H groups in total. The second-order valence-corrected chi connectivity index (χ2v) is 10.1. The molecule has 3 atom stereocenters. The van der Waals surface area contributed by atoms with Gasteiger partial charge in [-0.2, -0.15) is 0 Å². The summed E-state index contributed by atoms with van der Waals surface area (Å²) in [6.45, 7) is 12.0. The lowest BCUT2D eigenvalue weighted by atomic mass is 9.87. The van der Waals surface area contributed by atoms with E-state index in [0.29, 0.717) is 0 Å². The molecule has 0 aliphatic heterocycles. The number of hydrogen-bond acceptors (Lipinski definition) is 1. The fraction of sp³-hybridized carbons (Fsp3) is 0.333. The van der Waals surface area contributed by atoms with E-state index in [-0.39, 0.29) is 16.7 Å². The third-order valence-corrected chi connectivity index (χ3v) is 6.20. The van der Waals surface area contributed by atoms with E-state index in [2.05, 4.69) is 70.6 Å². The molecule has 2 aromatic rings. The van der Waals surface area contributed by atoms with E-state index in [9.17, 15) is 4.21 Å². The lowest BCUT2D eigenvalue weighted by Crippen LogP contribution is -2.37. The largest absolute Gasteiger partial charge is 0.242 e. The van der Waals surface area contributed by atoms with Gasteiger partial charge in [-0.3, -0.25) is 0 Å². The summed E-state index contributed by atoms with van der Waals surface area (Å²) in [6, 6.07) is 16.5. The van der Waals surface area contributed by atoms with Crippen LogP contribution in [0.2, 0.25) is 0 Å². The van der Waals surface area contributed by atoms with Gasteiger partial charge in [0.15, 0.2) is 0 Å². The molecule has 0 amide bonds. The lowest BCUT2D eigenvalue weighted by molar-refractivity contribution is 0.566. The maximum atomic E-state index is 12.8. The molecule has 134 valence electrons. The molecular formula is C21H26BrNOS. The SMILES string of the molecule is C=C[C@H](c1ccc(Br)cc1)[C@@H](NS(=O)C(C)(C)C)c1ccc(C)cc1. The van der Waals surface area contributed by atoms with Gasteiger partial charge in [-0.1, -0.05) is 64.0 Å². The number of nitrogens with one attached hydrogen (secondary N) is 1. The van der Waals surface area contributed by atoms with Crippen LogP contribution in [0, 0.1) is 6.92 Å². The van der Waals surface area contributed by atoms with Crippen LogP contribution < -0.4 is 4.72 Å². The monoisotopic (exact) mass is 419 g/mol. The van der Waals surface area contributed by atoms with Crippen molar-refractivity contribution in [2.24, 2.45) is 0 Å². The molecular weight excluding hydrogens is 394 g/mol. The summed E-state index contributed by atoms with van der Waals surface area (Å²) in [5, 5.41) is 0. The average Bonchev–Trinajstić information content (AvgIpc) is 2.56. The van der Waals surface area contributed by atoms with Crippen molar-refractivity contribution in [3.63, 3.8) is 0 Å². The molecule has 2 nitrogen and oxygen atoms in total. The summed E-state index contributed by atoms with van der Waals surface area (Å²) in [5.74, 6) is 0.0158. The van der Waals surface area contributed by atoms with Gasteiger partial charge >= 0.3 is 0 Å². The Labute approximate surface area is 162 Å². The van der Waals surface area contributed by atoms with Crippen molar-refractivity contribution in [1.82, 2.24) is 4.72 Å². The van der Waals surface area contributed by atoms with Crippen molar-refractivity contribution in [2.45, 2.75) is 44.4 Å². The van der Waals surface area contributed by atoms with Gasteiger partial charge in [0.1, 0.15) is 0 Å². The van der Waals surface area contributed by atoms with Gasteiger partial charge in [-0.25, -0.2) is 8.93 Å². The van der Waals surface area contributed by atoms with Gasteiger partial charge in [0.25, 0.3) is 0 Å². The lowest BCUT2D eigenvalue weighted by Gasteiger charge is -2.29. The standard InChI is InChI=1S/C21H26BrNOS/c1-6-19(16-11-13-18(22)14-12-16)20(23-25(24)21(3,4)5)17-9-7-15(2)8-10-17/h6-14,19-20,23H,1H2,2-5H3/t19-,20+,25?/m1/s1. The van der Waals surface area contributed by atoms with Gasteiger partial charge in [-0.05, 0) is 51.0 Å². The predicted octanol–water partition coefficient (Wildman–Crippen LogP) is 5.82. The Morgan fingerprint density at radius 2 is 1.56 bits per heavy atom. The fourth-order valence-corrected chi connectivity index (χ4v) is 3.70. The van der Waals surface area contributed by atoms with E-state index >= 15 is 0 Å². The maximum absolute atomic E-state index is 12.8. The third-order valence-electron chi connectivity index (χ3n) is 4.09. The second kappa shape index (κ2) is 8.43. The van der Waals surface area contributed by atoms with E-state index in [1.54, 1.807) is 0 Å². The molecule has 0 fully saturated rings. The van der Waals surface area contributed by atoms with E-state index in [1.165, 1.54) is 5.56 Å². The van der Waals surface area contributed by atoms with E-state index < -0.39 is 11.0 Å². The van der Waals surface area contributed by atoms with Crippen LogP contribution in [0.1, 0.15) is 49.4 Å². The minimum Gasteiger partial charge on any atom is -0.242 e. The number of benzene rings is 2. The Hall–Kier alpha value is -1.23. The Balaban J connectivity index is 2.44. The number of hydrogen-bond donors (Lipinski definition) is 1. The van der Waals surface area contributed by atoms with Gasteiger partial charge in [0.05, 0.1) is 21.8 Å². The highest BCUT2D eigenvalue weighted by Crippen LogP contribution is 2.34. The van der Waals surface area contributed by atoms with E-state index in [0.717, 1.165) is 15.6 Å². The van der Waals surface area contributed by atoms with Crippen LogP contribution in [-0.4, -0.2) is 8.96 Å². The summed E-state index contributed by atoms with van der Waals surface area (Å²) in [4.78, 5) is 0. The minimum absolute atomic E-state index is 0.0158. The van der Waals surface area contributed by atoms with E-state index in [1.807, 2.05) is 39.0 Å². The first-order valence-corrected chi connectivity index (χ1v) is 10.3. The highest BCUT2D eigenvalue weighted by molar-refractivity contribution is 9.10. The Kier molecular flexibility index (Phi) is 6.78. The zero-order chi connectivity index (χ0) is 18.6. The molecule has 0 saturated heterocycles. The molecule has 0 radical (unpaired) electrons. The third kappa shape index (κ3) is 5.37. The first-order valence-electron chi connectivity index (χ1n) is 8.35. The maximum Gasteiger partial charge on any atom is 0.0976 e. The van der Waals surface area contributed by atoms with Crippen LogP contribution in [-0.2, 0) is 11.0 Å². The van der Waals surface area contributed by atoms with Crippen LogP contribution in [0.3, 0.4) is 0 Å². The Morgan fingerprint density at radius 1 is 1.04 bits per heavy atom. The average molecular weight is 420 g/mol. The van der Waals surface area contributed by atoms with Crippen LogP contribution in [0.5, 0.6) is 0 Å². The van der Waals surface area contributed by atoms with Gasteiger partial charge in [-0.15, -0.1) is 6.58 Å². The highest BCUT2D eigenvalue weighted by Gasteiger charge is 2.28. The molecule has 1 unspecified atom stereocenters. The summed E-state index contributed by atoms with van der Waals surface area (Å²) >= 11 is 3.48. The predicted molar refractivity (Wildman–Crippen MR) is 112 cm³/mol. The van der Waals surface area contributed by atoms with Gasteiger partial charge in [0, 0.05) is 10.4 Å². The van der Waals surface area contributed by atoms with Crippen LogP contribution in [0.4, 0.5) is 0 Å². The van der Waals surface area contributed by atoms with Crippen molar-refractivity contribution in [1.29, 1.82) is 0 Å². The molecule has 0 aliphatic carbocycles. The number of rotatable bonds is 6. The quantitative estimate of drug-likeness (QED) is 0.586. The van der Waals surface area contributed by atoms with Crippen molar-refractivity contribution >= 4 is 26.9 Å². The first-order chi connectivity index (χ1) is 11.7. The Bertz CT molecular complexity index is 732. The summed E-state index contributed by atoms with van der Waals surface area (Å²) in [6.07, 6.45) is 1.93. The minimum atomic E-state index is -1.18. The molecule has 4 heteroatoms. The topological polar surface area (TPSA) is 29.1 Å². The molecule has 2 aromatic carbocycles. The molecule has 0 bridgehead atoms. The summed E-state index contributed by atoms with van der Waals surface area (Å²) < 4.78 is 16.8. The van der Waals surface area contributed by atoms with Crippen molar-refractivity contribution in [3.05, 3.63) is 82.3 Å². The molecule has 25 heavy (non-hydrogen) atoms. The highest BCUT2D eigenvalue weighted by atomic mass is 79.9. The van der Waals surface area contributed by atoms with E-state index in [4.69, 9.17) is 0 Å². The fourth-order valence-electron chi connectivity index (χ4n) is 2.56. The second-order valence-electron chi connectivity index (χ2n) is 7.20. The molecule has 0 heterocycles. The number of aryl methyl sites for hydroxylation is 1. The smallest absolute Gasteiger partial charge is 0.0976 e. The normalized spacial score (nSPS) is 15.4. The number of halogens is 1. The van der Waals surface area contributed by atoms with Crippen LogP contribution >= 0.6 is 15.9 Å². The van der Waals surface area contributed by atoms with Crippen LogP contribution in [0.15, 0.2) is 65.7 Å². The van der Waals surface area contributed by atoms with Crippen LogP contribution in [0.25, 0.3) is 0 Å². The van der Waals surface area contributed by atoms with Gasteiger partial charge < -0.3 is 0 Å². The van der Waals surface area contributed by atoms with Crippen molar-refractivity contribution < 1.29 is 4.21 Å². The molecule has 0 saturated carbocycles. The first kappa shape index (κ1) is 20.1. The zero-order valence-electron chi connectivity index (χ0n) is 15.3. The molecule has 0 aliphatic rings.